The fourth-order valence-electron chi connectivity index (χ4n) is 4.84. The first-order chi connectivity index (χ1) is 14.7. The number of alkyl halides is 3. The van der Waals surface area contributed by atoms with Crippen LogP contribution in [0.5, 0.6) is 0 Å². The second-order valence-corrected chi connectivity index (χ2v) is 8.42. The normalized spacial score (nSPS) is 20.7. The number of benzene rings is 1. The number of nitrogens with zero attached hydrogens (tertiary/aromatic N) is 1. The summed E-state index contributed by atoms with van der Waals surface area (Å²) in [6.07, 6.45) is -0.348. The summed E-state index contributed by atoms with van der Waals surface area (Å²) in [4.78, 5) is 4.27. The minimum absolute atomic E-state index is 0.0470. The summed E-state index contributed by atoms with van der Waals surface area (Å²) in [5.41, 5.74) is 1.06. The van der Waals surface area contributed by atoms with Gasteiger partial charge in [0.25, 0.3) is 0 Å². The molecule has 1 N–H and O–H groups in total. The van der Waals surface area contributed by atoms with Crippen LogP contribution in [0.25, 0.3) is 11.3 Å². The third kappa shape index (κ3) is 4.10. The van der Waals surface area contributed by atoms with Crippen LogP contribution in [-0.2, 0) is 0 Å². The van der Waals surface area contributed by atoms with Crippen LogP contribution in [0.15, 0.2) is 47.7 Å². The van der Waals surface area contributed by atoms with Gasteiger partial charge < -0.3 is 5.32 Å². The number of allylic oxidation sites excluding steroid dienone is 3. The van der Waals surface area contributed by atoms with Gasteiger partial charge in [-0.05, 0) is 80.3 Å². The van der Waals surface area contributed by atoms with E-state index in [9.17, 15) is 22.0 Å². The first-order valence-corrected chi connectivity index (χ1v) is 10.3. The van der Waals surface area contributed by atoms with Crippen LogP contribution < -0.4 is 5.32 Å². The molecule has 0 saturated heterocycles. The van der Waals surface area contributed by atoms with Crippen LogP contribution in [0.3, 0.4) is 0 Å². The van der Waals surface area contributed by atoms with Crippen molar-refractivity contribution in [1.82, 2.24) is 4.98 Å². The smallest absolute Gasteiger partial charge is 0.340 e. The Hall–Kier alpha value is -2.70. The van der Waals surface area contributed by atoms with Gasteiger partial charge in [-0.3, -0.25) is 0 Å². The van der Waals surface area contributed by atoms with Crippen molar-refractivity contribution >= 4 is 17.1 Å². The maximum Gasteiger partial charge on any atom is 0.412 e. The predicted molar refractivity (Wildman–Crippen MR) is 111 cm³/mol. The van der Waals surface area contributed by atoms with E-state index >= 15 is 0 Å². The molecule has 164 valence electrons. The molecule has 2 aliphatic carbocycles. The third-order valence-electron chi connectivity index (χ3n) is 6.20. The summed E-state index contributed by atoms with van der Waals surface area (Å²) in [6, 6.07) is 6.79. The average molecular weight is 434 g/mol. The second kappa shape index (κ2) is 8.09. The zero-order valence-corrected chi connectivity index (χ0v) is 17.3. The lowest BCUT2D eigenvalue weighted by atomic mass is 9.91. The van der Waals surface area contributed by atoms with E-state index in [4.69, 9.17) is 0 Å². The lowest BCUT2D eigenvalue weighted by Crippen LogP contribution is -2.12. The Morgan fingerprint density at radius 2 is 1.74 bits per heavy atom. The molecule has 2 aromatic rings. The van der Waals surface area contributed by atoms with Crippen LogP contribution in [0, 0.1) is 23.5 Å². The lowest BCUT2D eigenvalue weighted by Gasteiger charge is -2.17. The summed E-state index contributed by atoms with van der Waals surface area (Å²) in [5, 5.41) is 2.93. The number of hydrogen-bond acceptors (Lipinski definition) is 2. The first-order valence-electron chi connectivity index (χ1n) is 10.3. The van der Waals surface area contributed by atoms with Crippen LogP contribution in [0.4, 0.5) is 27.8 Å². The highest BCUT2D eigenvalue weighted by atomic mass is 19.4. The molecule has 2 unspecified atom stereocenters. The number of pyridine rings is 1. The van der Waals surface area contributed by atoms with Gasteiger partial charge in [0.2, 0.25) is 0 Å². The molecule has 1 aromatic carbocycles. The number of rotatable bonds is 4. The Morgan fingerprint density at radius 3 is 2.32 bits per heavy atom. The van der Waals surface area contributed by atoms with Gasteiger partial charge in [-0.25, -0.2) is 13.8 Å². The van der Waals surface area contributed by atoms with Crippen molar-refractivity contribution in [3.05, 3.63) is 70.4 Å². The fraction of sp³-hybridized carbons (Fsp3) is 0.375. The van der Waals surface area contributed by atoms with Crippen molar-refractivity contribution in [1.29, 1.82) is 0 Å². The van der Waals surface area contributed by atoms with E-state index in [-0.39, 0.29) is 29.5 Å². The van der Waals surface area contributed by atoms with E-state index in [1.54, 1.807) is 26.0 Å². The van der Waals surface area contributed by atoms with Gasteiger partial charge in [0.1, 0.15) is 17.5 Å². The lowest BCUT2D eigenvalue weighted by molar-refractivity contribution is -0.0933. The van der Waals surface area contributed by atoms with Gasteiger partial charge in [-0.15, -0.1) is 0 Å². The zero-order valence-electron chi connectivity index (χ0n) is 17.3. The molecule has 31 heavy (non-hydrogen) atoms. The SMILES string of the molecule is CC(C)=C(Nc1ccc(C2=C(C(F)(F)F)CC3CCCC23)cn1)c1c(F)cccc1F. The number of fused-ring (bicyclic) bond motifs is 1. The molecule has 7 heteroatoms. The van der Waals surface area contributed by atoms with Crippen molar-refractivity contribution in [2.75, 3.05) is 5.32 Å². The number of halogens is 5. The van der Waals surface area contributed by atoms with E-state index < -0.39 is 23.4 Å². The van der Waals surface area contributed by atoms with Gasteiger partial charge in [0.15, 0.2) is 0 Å². The van der Waals surface area contributed by atoms with Gasteiger partial charge in [0.05, 0.1) is 11.3 Å². The number of hydrogen-bond donors (Lipinski definition) is 1. The first kappa shape index (κ1) is 21.5. The van der Waals surface area contributed by atoms with Crippen molar-refractivity contribution in [3.8, 4) is 0 Å². The molecule has 0 bridgehead atoms. The highest BCUT2D eigenvalue weighted by molar-refractivity contribution is 5.79. The number of nitrogens with one attached hydrogen (secondary N) is 1. The summed E-state index contributed by atoms with van der Waals surface area (Å²) >= 11 is 0. The molecule has 1 aromatic heterocycles. The molecule has 0 amide bonds. The fourth-order valence-corrected chi connectivity index (χ4v) is 4.84. The summed E-state index contributed by atoms with van der Waals surface area (Å²) < 4.78 is 69.4. The van der Waals surface area contributed by atoms with Crippen LogP contribution in [0.2, 0.25) is 0 Å². The third-order valence-corrected chi connectivity index (χ3v) is 6.20. The summed E-state index contributed by atoms with van der Waals surface area (Å²) in [7, 11) is 0. The van der Waals surface area contributed by atoms with Crippen molar-refractivity contribution in [2.45, 2.75) is 45.7 Å². The summed E-state index contributed by atoms with van der Waals surface area (Å²) in [5.74, 6) is -1.15. The maximum atomic E-state index is 14.3. The van der Waals surface area contributed by atoms with Gasteiger partial charge in [-0.2, -0.15) is 13.2 Å². The van der Waals surface area contributed by atoms with Crippen molar-refractivity contribution < 1.29 is 22.0 Å². The molecule has 1 fully saturated rings. The van der Waals surface area contributed by atoms with Gasteiger partial charge in [-0.1, -0.05) is 18.1 Å². The molecule has 0 spiro atoms. The van der Waals surface area contributed by atoms with Crippen molar-refractivity contribution in [3.63, 3.8) is 0 Å². The van der Waals surface area contributed by atoms with Crippen LogP contribution in [-0.4, -0.2) is 11.2 Å². The predicted octanol–water partition coefficient (Wildman–Crippen LogP) is 7.36. The maximum absolute atomic E-state index is 14.3. The Morgan fingerprint density at radius 1 is 1.03 bits per heavy atom. The number of aromatic nitrogens is 1. The molecule has 1 saturated carbocycles. The average Bonchev–Trinajstić information content (AvgIpc) is 3.28. The molecule has 2 nitrogen and oxygen atoms in total. The quantitative estimate of drug-likeness (QED) is 0.509. The Kier molecular flexibility index (Phi) is 5.62. The Labute approximate surface area is 177 Å². The summed E-state index contributed by atoms with van der Waals surface area (Å²) in [6.45, 7) is 3.42. The van der Waals surface area contributed by atoms with Gasteiger partial charge >= 0.3 is 6.18 Å². The number of anilines is 1. The van der Waals surface area contributed by atoms with Gasteiger partial charge in [0, 0.05) is 11.8 Å². The topological polar surface area (TPSA) is 24.9 Å². The Balaban J connectivity index is 1.66. The minimum atomic E-state index is -4.35. The molecular weight excluding hydrogens is 411 g/mol. The van der Waals surface area contributed by atoms with E-state index in [1.165, 1.54) is 24.4 Å². The molecule has 0 aliphatic heterocycles. The highest BCUT2D eigenvalue weighted by Crippen LogP contribution is 2.55. The largest absolute Gasteiger partial charge is 0.412 e. The monoisotopic (exact) mass is 434 g/mol. The molecule has 2 atom stereocenters. The molecule has 4 rings (SSSR count). The minimum Gasteiger partial charge on any atom is -0.340 e. The second-order valence-electron chi connectivity index (χ2n) is 8.42. The standard InChI is InChI=1S/C24H23F5N2/c1-13(2)23(22-18(25)7-4-8-19(22)26)31-20-10-9-15(12-30-20)21-16-6-3-5-14(16)11-17(21)24(27,28)29/h4,7-10,12,14,16H,3,5-6,11H2,1-2H3,(H,30,31). The Bertz CT molecular complexity index is 1030. The molecule has 0 radical (unpaired) electrons. The van der Waals surface area contributed by atoms with E-state index in [2.05, 4.69) is 10.3 Å². The van der Waals surface area contributed by atoms with Crippen LogP contribution >= 0.6 is 0 Å². The molecule has 1 heterocycles. The van der Waals surface area contributed by atoms with Crippen LogP contribution in [0.1, 0.15) is 50.7 Å². The van der Waals surface area contributed by atoms with E-state index in [1.807, 2.05) is 0 Å². The highest BCUT2D eigenvalue weighted by Gasteiger charge is 2.47. The molecule has 2 aliphatic rings. The zero-order chi connectivity index (χ0) is 22.3. The van der Waals surface area contributed by atoms with Crippen molar-refractivity contribution in [2.24, 2.45) is 11.8 Å². The van der Waals surface area contributed by atoms with E-state index in [0.717, 1.165) is 19.3 Å². The molecular formula is C24H23F5N2. The van der Waals surface area contributed by atoms with E-state index in [0.29, 0.717) is 22.5 Å².